The van der Waals surface area contributed by atoms with Gasteiger partial charge in [0, 0.05) is 23.3 Å². The number of aromatic amines is 1. The number of aromatic nitrogens is 3. The first-order chi connectivity index (χ1) is 7.86. The quantitative estimate of drug-likeness (QED) is 0.605. The Hall–Kier alpha value is -2.36. The maximum absolute atomic E-state index is 5.86. The average Bonchev–Trinajstić information content (AvgIpc) is 2.75. The minimum Gasteiger partial charge on any atom is -0.397 e. The van der Waals surface area contributed by atoms with Crippen LogP contribution in [0.5, 0.6) is 0 Å². The molecule has 2 aromatic heterocycles. The third-order valence-electron chi connectivity index (χ3n) is 2.59. The molecule has 0 bridgehead atoms. The number of para-hydroxylation sites is 1. The molecule has 3 rings (SSSR count). The number of nitrogen functional groups attached to an aromatic ring is 1. The molecule has 16 heavy (non-hydrogen) atoms. The van der Waals surface area contributed by atoms with E-state index in [1.165, 1.54) is 0 Å². The van der Waals surface area contributed by atoms with Crippen LogP contribution in [-0.4, -0.2) is 15.2 Å². The van der Waals surface area contributed by atoms with Crippen molar-refractivity contribution in [2.24, 2.45) is 0 Å². The third-order valence-corrected chi connectivity index (χ3v) is 2.59. The van der Waals surface area contributed by atoms with E-state index < -0.39 is 0 Å². The summed E-state index contributed by atoms with van der Waals surface area (Å²) in [6.07, 6.45) is 3.50. The predicted molar refractivity (Wildman–Crippen MR) is 63.7 cm³/mol. The fourth-order valence-electron chi connectivity index (χ4n) is 1.79. The summed E-state index contributed by atoms with van der Waals surface area (Å²) in [6, 6.07) is 9.65. The summed E-state index contributed by atoms with van der Waals surface area (Å²) >= 11 is 0. The molecule has 0 atom stereocenters. The molecule has 4 heteroatoms. The zero-order chi connectivity index (χ0) is 11.0. The minimum atomic E-state index is 0.713. The van der Waals surface area contributed by atoms with E-state index in [4.69, 9.17) is 5.73 Å². The predicted octanol–water partition coefficient (Wildman–Crippen LogP) is 2.21. The van der Waals surface area contributed by atoms with Gasteiger partial charge in [0.05, 0.1) is 11.2 Å². The second kappa shape index (κ2) is 3.34. The molecule has 0 spiro atoms. The third kappa shape index (κ3) is 1.24. The van der Waals surface area contributed by atoms with Crippen LogP contribution in [0, 0.1) is 0 Å². The molecule has 3 N–H and O–H groups in total. The molecular formula is C12H10N4. The van der Waals surface area contributed by atoms with Crippen LogP contribution in [0.1, 0.15) is 0 Å². The Labute approximate surface area is 92.1 Å². The number of pyridine rings is 1. The van der Waals surface area contributed by atoms with Crippen LogP contribution in [0.25, 0.3) is 22.2 Å². The molecule has 0 fully saturated rings. The summed E-state index contributed by atoms with van der Waals surface area (Å²) in [7, 11) is 0. The summed E-state index contributed by atoms with van der Waals surface area (Å²) < 4.78 is 0. The summed E-state index contributed by atoms with van der Waals surface area (Å²) in [5, 5.41) is 8.29. The number of nitrogens with zero attached hydrogens (tertiary/aromatic N) is 2. The van der Waals surface area contributed by atoms with Crippen molar-refractivity contribution in [1.29, 1.82) is 0 Å². The Morgan fingerprint density at radius 3 is 2.69 bits per heavy atom. The first-order valence-corrected chi connectivity index (χ1v) is 4.99. The molecule has 0 saturated heterocycles. The number of fused-ring (bicyclic) bond motifs is 1. The van der Waals surface area contributed by atoms with Crippen molar-refractivity contribution in [3.63, 3.8) is 0 Å². The summed E-state index contributed by atoms with van der Waals surface area (Å²) in [6.45, 7) is 0. The van der Waals surface area contributed by atoms with Crippen molar-refractivity contribution >= 4 is 16.6 Å². The highest BCUT2D eigenvalue weighted by Crippen LogP contribution is 2.28. The van der Waals surface area contributed by atoms with Gasteiger partial charge < -0.3 is 5.73 Å². The number of hydrogen-bond acceptors (Lipinski definition) is 3. The molecule has 0 radical (unpaired) electrons. The SMILES string of the molecule is Nc1cccc2c(-c3ccncc3)n[nH]c12. The highest BCUT2D eigenvalue weighted by molar-refractivity contribution is 5.98. The highest BCUT2D eigenvalue weighted by Gasteiger charge is 2.08. The van der Waals surface area contributed by atoms with E-state index in [-0.39, 0.29) is 0 Å². The van der Waals surface area contributed by atoms with Gasteiger partial charge in [-0.3, -0.25) is 10.1 Å². The van der Waals surface area contributed by atoms with Gasteiger partial charge in [-0.2, -0.15) is 5.10 Å². The number of benzene rings is 1. The zero-order valence-corrected chi connectivity index (χ0v) is 8.51. The Morgan fingerprint density at radius 1 is 1.06 bits per heavy atom. The van der Waals surface area contributed by atoms with Gasteiger partial charge in [-0.1, -0.05) is 12.1 Å². The van der Waals surface area contributed by atoms with E-state index in [2.05, 4.69) is 15.2 Å². The van der Waals surface area contributed by atoms with E-state index in [1.807, 2.05) is 30.3 Å². The maximum Gasteiger partial charge on any atom is 0.100 e. The van der Waals surface area contributed by atoms with E-state index >= 15 is 0 Å². The van der Waals surface area contributed by atoms with Crippen molar-refractivity contribution in [3.05, 3.63) is 42.7 Å². The lowest BCUT2D eigenvalue weighted by molar-refractivity contribution is 1.12. The van der Waals surface area contributed by atoms with E-state index in [9.17, 15) is 0 Å². The second-order valence-corrected chi connectivity index (χ2v) is 3.58. The molecule has 0 amide bonds. The van der Waals surface area contributed by atoms with Gasteiger partial charge in [0.1, 0.15) is 5.69 Å². The molecule has 1 aromatic carbocycles. The monoisotopic (exact) mass is 210 g/mol. The van der Waals surface area contributed by atoms with E-state index in [1.54, 1.807) is 12.4 Å². The summed E-state index contributed by atoms with van der Waals surface area (Å²) in [4.78, 5) is 3.99. The molecule has 78 valence electrons. The molecule has 0 unspecified atom stereocenters. The van der Waals surface area contributed by atoms with Crippen LogP contribution in [-0.2, 0) is 0 Å². The molecule has 2 heterocycles. The first kappa shape index (κ1) is 8.91. The number of H-pyrrole nitrogens is 1. The number of nitrogens with one attached hydrogen (secondary N) is 1. The van der Waals surface area contributed by atoms with Gasteiger partial charge >= 0.3 is 0 Å². The lowest BCUT2D eigenvalue weighted by Gasteiger charge is -1.97. The Bertz CT molecular complexity index is 628. The van der Waals surface area contributed by atoms with Gasteiger partial charge in [-0.15, -0.1) is 0 Å². The Morgan fingerprint density at radius 2 is 1.88 bits per heavy atom. The molecule has 0 aliphatic rings. The number of hydrogen-bond donors (Lipinski definition) is 2. The van der Waals surface area contributed by atoms with Crippen LogP contribution < -0.4 is 5.73 Å². The second-order valence-electron chi connectivity index (χ2n) is 3.58. The molecule has 4 nitrogen and oxygen atoms in total. The minimum absolute atomic E-state index is 0.713. The Balaban J connectivity index is 2.30. The van der Waals surface area contributed by atoms with Gasteiger partial charge in [0.25, 0.3) is 0 Å². The van der Waals surface area contributed by atoms with Gasteiger partial charge in [-0.05, 0) is 18.2 Å². The van der Waals surface area contributed by atoms with E-state index in [0.717, 1.165) is 22.2 Å². The summed E-state index contributed by atoms with van der Waals surface area (Å²) in [5.74, 6) is 0. The highest BCUT2D eigenvalue weighted by atomic mass is 15.1. The van der Waals surface area contributed by atoms with Gasteiger partial charge in [0.15, 0.2) is 0 Å². The molecule has 0 saturated carbocycles. The van der Waals surface area contributed by atoms with Crippen molar-refractivity contribution in [2.75, 3.05) is 5.73 Å². The number of nitrogens with two attached hydrogens (primary N) is 1. The van der Waals surface area contributed by atoms with Crippen LogP contribution in [0.3, 0.4) is 0 Å². The van der Waals surface area contributed by atoms with Crippen molar-refractivity contribution in [2.45, 2.75) is 0 Å². The fraction of sp³-hybridized carbons (Fsp3) is 0. The fourth-order valence-corrected chi connectivity index (χ4v) is 1.79. The maximum atomic E-state index is 5.86. The Kier molecular flexibility index (Phi) is 1.86. The van der Waals surface area contributed by atoms with E-state index in [0.29, 0.717) is 5.69 Å². The molecule has 3 aromatic rings. The topological polar surface area (TPSA) is 67.6 Å². The number of anilines is 1. The average molecular weight is 210 g/mol. The van der Waals surface area contributed by atoms with Crippen molar-refractivity contribution in [3.8, 4) is 11.3 Å². The van der Waals surface area contributed by atoms with Crippen molar-refractivity contribution < 1.29 is 0 Å². The lowest BCUT2D eigenvalue weighted by Crippen LogP contribution is -1.84. The first-order valence-electron chi connectivity index (χ1n) is 4.99. The smallest absolute Gasteiger partial charge is 0.100 e. The van der Waals surface area contributed by atoms with Crippen LogP contribution in [0.4, 0.5) is 5.69 Å². The molecular weight excluding hydrogens is 200 g/mol. The largest absolute Gasteiger partial charge is 0.397 e. The summed E-state index contributed by atoms with van der Waals surface area (Å²) in [5.41, 5.74) is 9.40. The molecule has 0 aliphatic carbocycles. The van der Waals surface area contributed by atoms with Gasteiger partial charge in [0.2, 0.25) is 0 Å². The van der Waals surface area contributed by atoms with Crippen molar-refractivity contribution in [1.82, 2.24) is 15.2 Å². The van der Waals surface area contributed by atoms with Crippen LogP contribution in [0.15, 0.2) is 42.7 Å². The lowest BCUT2D eigenvalue weighted by atomic mass is 10.1. The standard InChI is InChI=1S/C12H10N4/c13-10-3-1-2-9-11(15-16-12(9)10)8-4-6-14-7-5-8/h1-7H,13H2,(H,15,16). The number of rotatable bonds is 1. The molecule has 0 aliphatic heterocycles. The van der Waals surface area contributed by atoms with Crippen LogP contribution in [0.2, 0.25) is 0 Å². The zero-order valence-electron chi connectivity index (χ0n) is 8.51. The normalized spacial score (nSPS) is 10.8. The van der Waals surface area contributed by atoms with Gasteiger partial charge in [-0.25, -0.2) is 0 Å². The van der Waals surface area contributed by atoms with Crippen LogP contribution >= 0.6 is 0 Å².